The minimum absolute atomic E-state index is 0.182. The van der Waals surface area contributed by atoms with Crippen molar-refractivity contribution in [1.82, 2.24) is 9.88 Å². The number of piperidine rings is 1. The number of thiazole rings is 1. The summed E-state index contributed by atoms with van der Waals surface area (Å²) in [5.74, 6) is -0.929. The van der Waals surface area contributed by atoms with Gasteiger partial charge in [0, 0.05) is 5.38 Å². The summed E-state index contributed by atoms with van der Waals surface area (Å²) in [5.41, 5.74) is 0.182. The molecular weight excluding hydrogens is 224 g/mol. The van der Waals surface area contributed by atoms with E-state index in [2.05, 4.69) is 16.8 Å². The molecule has 1 unspecified atom stereocenters. The number of aromatic carboxylic acids is 1. The molecule has 1 aliphatic heterocycles. The second-order valence-electron chi connectivity index (χ2n) is 4.02. The molecule has 0 bridgehead atoms. The summed E-state index contributed by atoms with van der Waals surface area (Å²) >= 11 is 1.47. The lowest BCUT2D eigenvalue weighted by atomic mass is 10.0. The van der Waals surface area contributed by atoms with Gasteiger partial charge < -0.3 is 5.11 Å². The molecule has 0 amide bonds. The maximum atomic E-state index is 10.8. The Kier molecular flexibility index (Phi) is 3.56. The van der Waals surface area contributed by atoms with Gasteiger partial charge in [-0.05, 0) is 25.9 Å². The fraction of sp³-hybridized carbons (Fsp3) is 0.636. The van der Waals surface area contributed by atoms with Crippen LogP contribution < -0.4 is 0 Å². The zero-order valence-corrected chi connectivity index (χ0v) is 10.2. The van der Waals surface area contributed by atoms with Crippen LogP contribution >= 0.6 is 11.3 Å². The van der Waals surface area contributed by atoms with E-state index < -0.39 is 5.97 Å². The largest absolute Gasteiger partial charge is 0.476 e. The third kappa shape index (κ3) is 2.25. The number of likely N-dealkylation sites (tertiary alicyclic amines) is 1. The van der Waals surface area contributed by atoms with E-state index in [1.165, 1.54) is 24.2 Å². The molecule has 1 aromatic heterocycles. The summed E-state index contributed by atoms with van der Waals surface area (Å²) in [7, 11) is 0. The number of carboxylic acid groups (broad SMARTS) is 1. The summed E-state index contributed by atoms with van der Waals surface area (Å²) < 4.78 is 0. The monoisotopic (exact) mass is 240 g/mol. The first kappa shape index (κ1) is 11.5. The normalized spacial score (nSPS) is 22.2. The van der Waals surface area contributed by atoms with Crippen molar-refractivity contribution < 1.29 is 9.90 Å². The zero-order valence-electron chi connectivity index (χ0n) is 9.35. The molecule has 1 aliphatic rings. The number of hydrogen-bond donors (Lipinski definition) is 1. The first-order valence-electron chi connectivity index (χ1n) is 5.65. The molecule has 0 saturated carbocycles. The Morgan fingerprint density at radius 3 is 3.12 bits per heavy atom. The Morgan fingerprint density at radius 1 is 1.69 bits per heavy atom. The lowest BCUT2D eigenvalue weighted by molar-refractivity contribution is 0.0690. The van der Waals surface area contributed by atoms with Crippen molar-refractivity contribution in [3.63, 3.8) is 0 Å². The van der Waals surface area contributed by atoms with Gasteiger partial charge in [0.05, 0.1) is 6.04 Å². The molecule has 5 heteroatoms. The smallest absolute Gasteiger partial charge is 0.355 e. The Morgan fingerprint density at radius 2 is 2.50 bits per heavy atom. The topological polar surface area (TPSA) is 53.4 Å². The van der Waals surface area contributed by atoms with Crippen LogP contribution in [0.4, 0.5) is 0 Å². The lowest BCUT2D eigenvalue weighted by Gasteiger charge is -2.33. The van der Waals surface area contributed by atoms with Crippen molar-refractivity contribution in [2.24, 2.45) is 0 Å². The molecule has 1 aromatic rings. The lowest BCUT2D eigenvalue weighted by Crippen LogP contribution is -2.33. The van der Waals surface area contributed by atoms with E-state index in [1.807, 2.05) is 0 Å². The molecule has 2 rings (SSSR count). The van der Waals surface area contributed by atoms with Gasteiger partial charge in [0.1, 0.15) is 5.01 Å². The fourth-order valence-corrected chi connectivity index (χ4v) is 3.15. The second-order valence-corrected chi connectivity index (χ2v) is 4.91. The molecule has 0 aromatic carbocycles. The van der Waals surface area contributed by atoms with E-state index in [0.29, 0.717) is 6.04 Å². The van der Waals surface area contributed by atoms with Gasteiger partial charge in [-0.15, -0.1) is 11.3 Å². The molecule has 1 atom stereocenters. The van der Waals surface area contributed by atoms with Gasteiger partial charge in [0.2, 0.25) is 0 Å². The minimum atomic E-state index is -0.929. The van der Waals surface area contributed by atoms with Crippen molar-refractivity contribution >= 4 is 17.3 Å². The maximum Gasteiger partial charge on any atom is 0.355 e. The Balaban J connectivity index is 2.17. The maximum absolute atomic E-state index is 10.8. The third-order valence-electron chi connectivity index (χ3n) is 3.05. The third-order valence-corrected chi connectivity index (χ3v) is 3.99. The van der Waals surface area contributed by atoms with Crippen LogP contribution in [-0.4, -0.2) is 34.0 Å². The Bertz CT molecular complexity index is 378. The van der Waals surface area contributed by atoms with Gasteiger partial charge in [0.25, 0.3) is 0 Å². The van der Waals surface area contributed by atoms with Crippen LogP contribution in [-0.2, 0) is 0 Å². The summed E-state index contributed by atoms with van der Waals surface area (Å²) in [6.45, 7) is 4.25. The van der Waals surface area contributed by atoms with Gasteiger partial charge in [-0.25, -0.2) is 9.78 Å². The average Bonchev–Trinajstić information content (AvgIpc) is 2.78. The van der Waals surface area contributed by atoms with Gasteiger partial charge >= 0.3 is 5.97 Å². The molecule has 2 heterocycles. The van der Waals surface area contributed by atoms with E-state index >= 15 is 0 Å². The van der Waals surface area contributed by atoms with Crippen molar-refractivity contribution in [3.8, 4) is 0 Å². The number of carboxylic acids is 1. The highest BCUT2D eigenvalue weighted by Crippen LogP contribution is 2.32. The second kappa shape index (κ2) is 4.93. The quantitative estimate of drug-likeness (QED) is 0.881. The SMILES string of the molecule is CCN1CCCCC1c1nc(C(=O)O)cs1. The van der Waals surface area contributed by atoms with Crippen LogP contribution in [0.5, 0.6) is 0 Å². The number of hydrogen-bond acceptors (Lipinski definition) is 4. The molecule has 0 radical (unpaired) electrons. The van der Waals surface area contributed by atoms with Crippen LogP contribution in [0.2, 0.25) is 0 Å². The highest BCUT2D eigenvalue weighted by atomic mass is 32.1. The van der Waals surface area contributed by atoms with E-state index in [-0.39, 0.29) is 5.69 Å². The first-order valence-corrected chi connectivity index (χ1v) is 6.53. The summed E-state index contributed by atoms with van der Waals surface area (Å²) in [6, 6.07) is 0.330. The van der Waals surface area contributed by atoms with E-state index in [9.17, 15) is 4.79 Å². The molecule has 1 fully saturated rings. The highest BCUT2D eigenvalue weighted by Gasteiger charge is 2.25. The van der Waals surface area contributed by atoms with Crippen molar-refractivity contribution in [1.29, 1.82) is 0 Å². The average molecular weight is 240 g/mol. The van der Waals surface area contributed by atoms with Crippen LogP contribution in [0, 0.1) is 0 Å². The molecule has 1 saturated heterocycles. The Hall–Kier alpha value is -0.940. The predicted molar refractivity (Wildman–Crippen MR) is 62.9 cm³/mol. The van der Waals surface area contributed by atoms with E-state index in [4.69, 9.17) is 5.11 Å². The summed E-state index contributed by atoms with van der Waals surface area (Å²) in [5, 5.41) is 11.4. The number of aromatic nitrogens is 1. The van der Waals surface area contributed by atoms with Crippen LogP contribution in [0.1, 0.15) is 47.7 Å². The zero-order chi connectivity index (χ0) is 11.5. The molecule has 0 aliphatic carbocycles. The van der Waals surface area contributed by atoms with Gasteiger partial charge in [-0.1, -0.05) is 13.3 Å². The summed E-state index contributed by atoms with van der Waals surface area (Å²) in [4.78, 5) is 17.4. The Labute approximate surface area is 98.9 Å². The van der Waals surface area contributed by atoms with Crippen molar-refractivity contribution in [3.05, 3.63) is 16.1 Å². The van der Waals surface area contributed by atoms with Crippen LogP contribution in [0.3, 0.4) is 0 Å². The van der Waals surface area contributed by atoms with Gasteiger partial charge in [-0.2, -0.15) is 0 Å². The fourth-order valence-electron chi connectivity index (χ4n) is 2.19. The van der Waals surface area contributed by atoms with Crippen LogP contribution in [0.25, 0.3) is 0 Å². The molecule has 16 heavy (non-hydrogen) atoms. The standard InChI is InChI=1S/C11H16N2O2S/c1-2-13-6-4-3-5-9(13)10-12-8(7-16-10)11(14)15/h7,9H,2-6H2,1H3,(H,14,15). The molecule has 1 N–H and O–H groups in total. The van der Waals surface area contributed by atoms with E-state index in [0.717, 1.165) is 24.5 Å². The predicted octanol–water partition coefficient (Wildman–Crippen LogP) is 2.39. The summed E-state index contributed by atoms with van der Waals surface area (Å²) in [6.07, 6.45) is 3.55. The van der Waals surface area contributed by atoms with Crippen molar-refractivity contribution in [2.75, 3.05) is 13.1 Å². The highest BCUT2D eigenvalue weighted by molar-refractivity contribution is 7.09. The van der Waals surface area contributed by atoms with Gasteiger partial charge in [0.15, 0.2) is 5.69 Å². The van der Waals surface area contributed by atoms with Crippen molar-refractivity contribution in [2.45, 2.75) is 32.2 Å². The first-order chi connectivity index (χ1) is 7.72. The number of nitrogens with zero attached hydrogens (tertiary/aromatic N) is 2. The van der Waals surface area contributed by atoms with Crippen LogP contribution in [0.15, 0.2) is 5.38 Å². The number of rotatable bonds is 3. The minimum Gasteiger partial charge on any atom is -0.476 e. The van der Waals surface area contributed by atoms with Gasteiger partial charge in [-0.3, -0.25) is 4.90 Å². The molecular formula is C11H16N2O2S. The molecule has 88 valence electrons. The molecule has 0 spiro atoms. The van der Waals surface area contributed by atoms with E-state index in [1.54, 1.807) is 5.38 Å². The molecule has 4 nitrogen and oxygen atoms in total. The number of carbonyl (C=O) groups is 1.